The molecule has 0 spiro atoms. The van der Waals surface area contributed by atoms with Crippen LogP contribution in [0.5, 0.6) is 0 Å². The van der Waals surface area contributed by atoms with Crippen molar-refractivity contribution >= 4 is 41.3 Å². The van der Waals surface area contributed by atoms with E-state index >= 15 is 0 Å². The number of hydrogen-bond acceptors (Lipinski definition) is 4. The Kier molecular flexibility index (Phi) is 12.4. The molecule has 0 aromatic carbocycles. The van der Waals surface area contributed by atoms with Crippen LogP contribution in [0.15, 0.2) is 4.99 Å². The van der Waals surface area contributed by atoms with Crippen molar-refractivity contribution in [1.29, 1.82) is 0 Å². The lowest BCUT2D eigenvalue weighted by atomic mass is 10.4. The number of hydrogen-bond donors (Lipinski definition) is 2. The number of alkyl halides is 3. The Bertz CT molecular complexity index is 504. The van der Waals surface area contributed by atoms with E-state index in [2.05, 4.69) is 32.3 Å². The number of nitrogens with one attached hydrogen (secondary N) is 2. The molecule has 0 unspecified atom stereocenters. The average molecular weight is 494 g/mol. The van der Waals surface area contributed by atoms with Gasteiger partial charge in [0.15, 0.2) is 5.96 Å². The third-order valence-corrected chi connectivity index (χ3v) is 4.16. The summed E-state index contributed by atoms with van der Waals surface area (Å²) in [5.41, 5.74) is 1.06. The maximum atomic E-state index is 11.9. The van der Waals surface area contributed by atoms with E-state index in [1.165, 1.54) is 4.88 Å². The second-order valence-electron chi connectivity index (χ2n) is 5.21. The molecule has 146 valence electrons. The molecular formula is C15H26F3IN4OS. The summed E-state index contributed by atoms with van der Waals surface area (Å²) < 4.78 is 40.3. The van der Waals surface area contributed by atoms with E-state index in [0.717, 1.165) is 17.1 Å². The van der Waals surface area contributed by atoms with E-state index < -0.39 is 12.8 Å². The van der Waals surface area contributed by atoms with Crippen molar-refractivity contribution < 1.29 is 17.9 Å². The standard InChI is InChI=1S/C15H25F3N4OS.HI/c1-4-19-14(20-7-5-9-23-10-15(16,17)18)21-8-6-13-22-11(2)12(3)24-13;/h4-10H2,1-3H3,(H2,19,20,21);1H. The van der Waals surface area contributed by atoms with E-state index in [0.29, 0.717) is 32.0 Å². The second-order valence-corrected chi connectivity index (χ2v) is 6.50. The van der Waals surface area contributed by atoms with E-state index in [1.807, 2.05) is 13.8 Å². The van der Waals surface area contributed by atoms with E-state index in [9.17, 15) is 13.2 Å². The highest BCUT2D eigenvalue weighted by Crippen LogP contribution is 2.16. The largest absolute Gasteiger partial charge is 0.411 e. The summed E-state index contributed by atoms with van der Waals surface area (Å²) in [5, 5.41) is 7.38. The number of ether oxygens (including phenoxy) is 1. The van der Waals surface area contributed by atoms with Gasteiger partial charge in [-0.1, -0.05) is 0 Å². The first-order valence-corrected chi connectivity index (χ1v) is 8.73. The van der Waals surface area contributed by atoms with Crippen molar-refractivity contribution in [1.82, 2.24) is 15.6 Å². The summed E-state index contributed by atoms with van der Waals surface area (Å²) in [6.07, 6.45) is -3.03. The molecule has 1 rings (SSSR count). The molecule has 0 aliphatic rings. The zero-order valence-corrected chi connectivity index (χ0v) is 17.8. The highest BCUT2D eigenvalue weighted by Gasteiger charge is 2.27. The van der Waals surface area contributed by atoms with Gasteiger partial charge >= 0.3 is 6.18 Å². The van der Waals surface area contributed by atoms with Crippen LogP contribution < -0.4 is 10.6 Å². The second kappa shape index (κ2) is 12.7. The summed E-state index contributed by atoms with van der Waals surface area (Å²) in [5.74, 6) is 0.651. The van der Waals surface area contributed by atoms with Crippen LogP contribution in [0.2, 0.25) is 0 Å². The Labute approximate surface area is 167 Å². The van der Waals surface area contributed by atoms with Gasteiger partial charge < -0.3 is 15.4 Å². The predicted octanol–water partition coefficient (Wildman–Crippen LogP) is 3.44. The molecule has 10 heteroatoms. The minimum atomic E-state index is -4.27. The number of guanidine groups is 1. The Balaban J connectivity index is 0.00000576. The zero-order valence-electron chi connectivity index (χ0n) is 14.7. The lowest BCUT2D eigenvalue weighted by molar-refractivity contribution is -0.173. The predicted molar refractivity (Wildman–Crippen MR) is 106 cm³/mol. The molecule has 1 heterocycles. The molecule has 2 N–H and O–H groups in total. The molecule has 0 aliphatic heterocycles. The molecule has 0 fully saturated rings. The lowest BCUT2D eigenvalue weighted by Crippen LogP contribution is -2.38. The third kappa shape index (κ3) is 11.6. The van der Waals surface area contributed by atoms with Gasteiger partial charge in [0.2, 0.25) is 0 Å². The highest BCUT2D eigenvalue weighted by molar-refractivity contribution is 14.0. The van der Waals surface area contributed by atoms with Crippen molar-refractivity contribution in [3.8, 4) is 0 Å². The van der Waals surface area contributed by atoms with Gasteiger partial charge in [0.05, 0.1) is 10.7 Å². The minimum absolute atomic E-state index is 0. The van der Waals surface area contributed by atoms with Crippen LogP contribution in [0.25, 0.3) is 0 Å². The molecule has 0 bridgehead atoms. The number of nitrogens with zero attached hydrogens (tertiary/aromatic N) is 2. The van der Waals surface area contributed by atoms with Gasteiger partial charge in [-0.25, -0.2) is 4.98 Å². The summed E-state index contributed by atoms with van der Waals surface area (Å²) in [6, 6.07) is 0. The molecule has 0 atom stereocenters. The molecule has 0 aliphatic carbocycles. The highest BCUT2D eigenvalue weighted by atomic mass is 127. The van der Waals surface area contributed by atoms with Crippen molar-refractivity contribution in [3.63, 3.8) is 0 Å². The van der Waals surface area contributed by atoms with Gasteiger partial charge in [-0.05, 0) is 27.2 Å². The van der Waals surface area contributed by atoms with Crippen LogP contribution in [0, 0.1) is 13.8 Å². The molecule has 0 saturated heterocycles. The number of thiazole rings is 1. The zero-order chi connectivity index (χ0) is 18.0. The summed E-state index contributed by atoms with van der Waals surface area (Å²) in [4.78, 5) is 10.0. The Morgan fingerprint density at radius 2 is 2.00 bits per heavy atom. The third-order valence-electron chi connectivity index (χ3n) is 3.03. The number of rotatable bonds is 9. The number of aryl methyl sites for hydroxylation is 2. The fraction of sp³-hybridized carbons (Fsp3) is 0.733. The minimum Gasteiger partial charge on any atom is -0.372 e. The lowest BCUT2D eigenvalue weighted by Gasteiger charge is -2.11. The van der Waals surface area contributed by atoms with Crippen LogP contribution in [0.1, 0.15) is 28.9 Å². The first kappa shape index (κ1) is 24.4. The fourth-order valence-corrected chi connectivity index (χ4v) is 2.75. The van der Waals surface area contributed by atoms with Gasteiger partial charge in [0.25, 0.3) is 0 Å². The smallest absolute Gasteiger partial charge is 0.372 e. The molecule has 0 amide bonds. The molecule has 0 saturated carbocycles. The topological polar surface area (TPSA) is 58.5 Å². The number of aliphatic imine (C=N–C) groups is 1. The van der Waals surface area contributed by atoms with Crippen molar-refractivity contribution in [3.05, 3.63) is 15.6 Å². The van der Waals surface area contributed by atoms with Crippen molar-refractivity contribution in [2.24, 2.45) is 4.99 Å². The van der Waals surface area contributed by atoms with Crippen LogP contribution in [0.3, 0.4) is 0 Å². The van der Waals surface area contributed by atoms with E-state index in [4.69, 9.17) is 0 Å². The fourth-order valence-electron chi connectivity index (χ4n) is 1.82. The van der Waals surface area contributed by atoms with Gasteiger partial charge in [-0.15, -0.1) is 35.3 Å². The summed E-state index contributed by atoms with van der Waals surface area (Å²) >= 11 is 1.69. The molecule has 1 aromatic rings. The van der Waals surface area contributed by atoms with Gasteiger partial charge in [0, 0.05) is 37.5 Å². The van der Waals surface area contributed by atoms with Crippen molar-refractivity contribution in [2.75, 3.05) is 32.8 Å². The number of halogens is 4. The van der Waals surface area contributed by atoms with Gasteiger partial charge in [-0.2, -0.15) is 13.2 Å². The van der Waals surface area contributed by atoms with E-state index in [1.54, 1.807) is 11.3 Å². The SMILES string of the molecule is CCNC(=NCCCOCC(F)(F)F)NCCc1nc(C)c(C)s1.I. The van der Waals surface area contributed by atoms with Gasteiger partial charge in [-0.3, -0.25) is 4.99 Å². The Morgan fingerprint density at radius 1 is 1.28 bits per heavy atom. The van der Waals surface area contributed by atoms with E-state index in [-0.39, 0.29) is 30.6 Å². The first-order chi connectivity index (χ1) is 11.3. The van der Waals surface area contributed by atoms with Crippen LogP contribution >= 0.6 is 35.3 Å². The van der Waals surface area contributed by atoms with Crippen LogP contribution in [-0.2, 0) is 11.2 Å². The normalized spacial score (nSPS) is 12.0. The molecule has 5 nitrogen and oxygen atoms in total. The molecule has 25 heavy (non-hydrogen) atoms. The maximum Gasteiger partial charge on any atom is 0.411 e. The monoisotopic (exact) mass is 494 g/mol. The molecular weight excluding hydrogens is 468 g/mol. The number of aromatic nitrogens is 1. The molecule has 0 radical (unpaired) electrons. The molecule has 1 aromatic heterocycles. The van der Waals surface area contributed by atoms with Crippen LogP contribution in [0.4, 0.5) is 13.2 Å². The quantitative estimate of drug-likeness (QED) is 0.239. The van der Waals surface area contributed by atoms with Gasteiger partial charge in [0.1, 0.15) is 6.61 Å². The Morgan fingerprint density at radius 3 is 2.56 bits per heavy atom. The first-order valence-electron chi connectivity index (χ1n) is 7.91. The maximum absolute atomic E-state index is 11.9. The van der Waals surface area contributed by atoms with Crippen molar-refractivity contribution in [2.45, 2.75) is 39.8 Å². The van der Waals surface area contributed by atoms with Crippen LogP contribution in [-0.4, -0.2) is 50.0 Å². The summed E-state index contributed by atoms with van der Waals surface area (Å²) in [6.45, 7) is 6.65. The Hall–Kier alpha value is -0.620. The summed E-state index contributed by atoms with van der Waals surface area (Å²) in [7, 11) is 0. The average Bonchev–Trinajstić information content (AvgIpc) is 2.80.